The third-order valence-electron chi connectivity index (χ3n) is 6.89. The highest BCUT2D eigenvalue weighted by molar-refractivity contribution is 5.84. The molecule has 0 heterocycles. The van der Waals surface area contributed by atoms with Crippen LogP contribution in [0.1, 0.15) is 56.1 Å². The minimum atomic E-state index is -1.13. The average Bonchev–Trinajstić information content (AvgIpc) is 3.13. The van der Waals surface area contributed by atoms with E-state index in [1.807, 2.05) is 24.3 Å². The van der Waals surface area contributed by atoms with E-state index in [1.54, 1.807) is 6.92 Å². The van der Waals surface area contributed by atoms with Crippen molar-refractivity contribution in [3.8, 4) is 23.0 Å². The molecule has 2 aromatic rings. The Kier molecular flexibility index (Phi) is 7.71. The monoisotopic (exact) mass is 474 g/mol. The zero-order valence-corrected chi connectivity index (χ0v) is 19.8. The molecule has 0 spiro atoms. The Morgan fingerprint density at radius 1 is 1.03 bits per heavy atom. The summed E-state index contributed by atoms with van der Waals surface area (Å²) in [7, 11) is 0. The summed E-state index contributed by atoms with van der Waals surface area (Å²) >= 11 is 0. The molecule has 2 atom stereocenters. The predicted molar refractivity (Wildman–Crippen MR) is 132 cm³/mol. The molecule has 2 unspecified atom stereocenters. The van der Waals surface area contributed by atoms with Crippen LogP contribution in [0.5, 0.6) is 0 Å². The van der Waals surface area contributed by atoms with Gasteiger partial charge >= 0.3 is 12.1 Å². The van der Waals surface area contributed by atoms with Crippen molar-refractivity contribution in [3.05, 3.63) is 59.7 Å². The molecular weight excluding hydrogens is 444 g/mol. The number of fused-ring (bicyclic) bond motifs is 3. The fraction of sp³-hybridized carbons (Fsp3) is 0.393. The summed E-state index contributed by atoms with van der Waals surface area (Å²) < 4.78 is 5.65. The molecule has 0 bridgehead atoms. The molecule has 0 aromatic heterocycles. The summed E-state index contributed by atoms with van der Waals surface area (Å²) in [5, 5.41) is 14.7. The summed E-state index contributed by atoms with van der Waals surface area (Å²) in [5.41, 5.74) is 4.57. The van der Waals surface area contributed by atoms with Crippen molar-refractivity contribution in [3.63, 3.8) is 0 Å². The minimum Gasteiger partial charge on any atom is -0.480 e. The number of ether oxygens (including phenoxy) is 1. The molecule has 1 fully saturated rings. The molecule has 0 radical (unpaired) electrons. The zero-order chi connectivity index (χ0) is 24.8. The number of hydrogen-bond acceptors (Lipinski definition) is 4. The van der Waals surface area contributed by atoms with Gasteiger partial charge in [0.25, 0.3) is 0 Å². The van der Waals surface area contributed by atoms with Crippen LogP contribution in [0.15, 0.2) is 48.5 Å². The molecule has 1 saturated carbocycles. The molecule has 0 saturated heterocycles. The van der Waals surface area contributed by atoms with E-state index in [-0.39, 0.29) is 31.3 Å². The fourth-order valence-electron chi connectivity index (χ4n) is 4.83. The highest BCUT2D eigenvalue weighted by Gasteiger charge is 2.33. The number of benzene rings is 2. The van der Waals surface area contributed by atoms with Gasteiger partial charge in [-0.1, -0.05) is 55.0 Å². The van der Waals surface area contributed by atoms with Gasteiger partial charge in [-0.05, 0) is 47.9 Å². The molecule has 2 aliphatic carbocycles. The van der Waals surface area contributed by atoms with Gasteiger partial charge < -0.3 is 20.5 Å². The van der Waals surface area contributed by atoms with Crippen molar-refractivity contribution < 1.29 is 24.2 Å². The predicted octanol–water partition coefficient (Wildman–Crippen LogP) is 4.07. The molecule has 2 amide bonds. The van der Waals surface area contributed by atoms with E-state index < -0.39 is 30.1 Å². The van der Waals surface area contributed by atoms with Crippen molar-refractivity contribution in [1.82, 2.24) is 10.6 Å². The SMILES string of the molecule is CC#CCC(NC(=O)CC(NC(=O)OCC1c2ccccc2-c2ccccc21)C1CCC1)C(=O)O. The first-order valence-electron chi connectivity index (χ1n) is 12.0. The highest BCUT2D eigenvalue weighted by atomic mass is 16.5. The van der Waals surface area contributed by atoms with Crippen LogP contribution < -0.4 is 10.6 Å². The van der Waals surface area contributed by atoms with Gasteiger partial charge in [0.1, 0.15) is 12.6 Å². The quantitative estimate of drug-likeness (QED) is 0.475. The molecule has 35 heavy (non-hydrogen) atoms. The topological polar surface area (TPSA) is 105 Å². The van der Waals surface area contributed by atoms with Gasteiger partial charge in [0.05, 0.1) is 0 Å². The van der Waals surface area contributed by atoms with Gasteiger partial charge in [-0.15, -0.1) is 11.8 Å². The number of carboxylic acid groups (broad SMARTS) is 1. The van der Waals surface area contributed by atoms with Crippen molar-refractivity contribution in [2.75, 3.05) is 6.61 Å². The molecule has 4 rings (SSSR count). The smallest absolute Gasteiger partial charge is 0.407 e. The summed E-state index contributed by atoms with van der Waals surface area (Å²) in [5.74, 6) is 3.89. The Labute approximate surface area is 205 Å². The number of hydrogen-bond donors (Lipinski definition) is 3. The Bertz CT molecular complexity index is 1120. The maximum absolute atomic E-state index is 12.8. The molecule has 3 N–H and O–H groups in total. The Balaban J connectivity index is 1.37. The number of amides is 2. The minimum absolute atomic E-state index is 0.00179. The molecule has 7 heteroatoms. The largest absolute Gasteiger partial charge is 0.480 e. The fourth-order valence-corrected chi connectivity index (χ4v) is 4.83. The zero-order valence-electron chi connectivity index (χ0n) is 19.8. The lowest BCUT2D eigenvalue weighted by Crippen LogP contribution is -2.48. The number of carbonyl (C=O) groups excluding carboxylic acids is 2. The number of rotatable bonds is 9. The summed E-state index contributed by atoms with van der Waals surface area (Å²) in [6, 6.07) is 14.8. The van der Waals surface area contributed by atoms with Crippen LogP contribution in [0.25, 0.3) is 11.1 Å². The van der Waals surface area contributed by atoms with Gasteiger partial charge in [0.2, 0.25) is 5.91 Å². The molecule has 0 aliphatic heterocycles. The van der Waals surface area contributed by atoms with Crippen LogP contribution in [0.4, 0.5) is 4.79 Å². The maximum Gasteiger partial charge on any atom is 0.407 e. The van der Waals surface area contributed by atoms with E-state index >= 15 is 0 Å². The summed E-state index contributed by atoms with van der Waals surface area (Å²) in [4.78, 5) is 36.8. The highest BCUT2D eigenvalue weighted by Crippen LogP contribution is 2.44. The van der Waals surface area contributed by atoms with Crippen molar-refractivity contribution in [2.24, 2.45) is 5.92 Å². The van der Waals surface area contributed by atoms with Gasteiger partial charge in [-0.3, -0.25) is 4.79 Å². The van der Waals surface area contributed by atoms with Crippen LogP contribution >= 0.6 is 0 Å². The van der Waals surface area contributed by atoms with E-state index in [9.17, 15) is 19.5 Å². The van der Waals surface area contributed by atoms with Crippen LogP contribution in [-0.4, -0.2) is 41.8 Å². The van der Waals surface area contributed by atoms with E-state index in [2.05, 4.69) is 46.7 Å². The Morgan fingerprint density at radius 2 is 1.66 bits per heavy atom. The number of aliphatic carboxylic acids is 1. The van der Waals surface area contributed by atoms with Crippen LogP contribution in [0.2, 0.25) is 0 Å². The van der Waals surface area contributed by atoms with Crippen molar-refractivity contribution >= 4 is 18.0 Å². The van der Waals surface area contributed by atoms with Gasteiger partial charge in [-0.25, -0.2) is 9.59 Å². The van der Waals surface area contributed by atoms with Crippen molar-refractivity contribution in [1.29, 1.82) is 0 Å². The van der Waals surface area contributed by atoms with E-state index in [1.165, 1.54) is 0 Å². The first-order chi connectivity index (χ1) is 17.0. The van der Waals surface area contributed by atoms with Crippen LogP contribution in [0, 0.1) is 17.8 Å². The van der Waals surface area contributed by atoms with Gasteiger partial charge in [-0.2, -0.15) is 0 Å². The lowest BCUT2D eigenvalue weighted by Gasteiger charge is -2.34. The normalized spacial score (nSPS) is 15.9. The molecule has 182 valence electrons. The first-order valence-corrected chi connectivity index (χ1v) is 12.0. The van der Waals surface area contributed by atoms with Gasteiger partial charge in [0.15, 0.2) is 0 Å². The molecular formula is C28H30N2O5. The maximum atomic E-state index is 12.8. The Hall–Kier alpha value is -3.79. The lowest BCUT2D eigenvalue weighted by molar-refractivity contribution is -0.141. The van der Waals surface area contributed by atoms with E-state index in [0.717, 1.165) is 41.5 Å². The average molecular weight is 475 g/mol. The standard InChI is InChI=1S/C28H30N2O5/c1-2-3-15-24(27(32)33)29-26(31)16-25(18-9-8-10-18)30-28(34)35-17-23-21-13-6-4-11-19(21)20-12-5-7-14-22(20)23/h4-7,11-14,18,23-25H,8-10,15-17H2,1H3,(H,29,31)(H,30,34)(H,32,33). The number of alkyl carbamates (subject to hydrolysis) is 1. The molecule has 2 aliphatic rings. The van der Waals surface area contributed by atoms with Crippen molar-refractivity contribution in [2.45, 2.75) is 57.0 Å². The third-order valence-corrected chi connectivity index (χ3v) is 6.89. The summed E-state index contributed by atoms with van der Waals surface area (Å²) in [6.45, 7) is 1.81. The second-order valence-electron chi connectivity index (χ2n) is 9.06. The number of carboxylic acids is 1. The van der Waals surface area contributed by atoms with Gasteiger partial charge in [0, 0.05) is 24.8 Å². The number of nitrogens with one attached hydrogen (secondary N) is 2. The Morgan fingerprint density at radius 3 is 2.20 bits per heavy atom. The summed E-state index contributed by atoms with van der Waals surface area (Å²) in [6.07, 6.45) is 2.32. The van der Waals surface area contributed by atoms with E-state index in [4.69, 9.17) is 4.74 Å². The first kappa shape index (κ1) is 24.3. The van der Waals surface area contributed by atoms with Crippen LogP contribution in [-0.2, 0) is 14.3 Å². The lowest BCUT2D eigenvalue weighted by atomic mass is 9.78. The number of carbonyl (C=O) groups is 3. The second-order valence-corrected chi connectivity index (χ2v) is 9.06. The molecule has 7 nitrogen and oxygen atoms in total. The third kappa shape index (κ3) is 5.65. The molecule has 2 aromatic carbocycles. The van der Waals surface area contributed by atoms with E-state index in [0.29, 0.717) is 0 Å². The second kappa shape index (κ2) is 11.1. The van der Waals surface area contributed by atoms with Crippen LogP contribution in [0.3, 0.4) is 0 Å².